The third-order valence-corrected chi connectivity index (χ3v) is 3.62. The summed E-state index contributed by atoms with van der Waals surface area (Å²) >= 11 is 5.24. The van der Waals surface area contributed by atoms with Crippen LogP contribution in [0.1, 0.15) is 12.8 Å². The summed E-state index contributed by atoms with van der Waals surface area (Å²) in [5.74, 6) is 0.404. The molecule has 0 unspecified atom stereocenters. The minimum atomic E-state index is -0.241. The first-order valence-electron chi connectivity index (χ1n) is 6.62. The molecule has 1 atom stereocenters. The van der Waals surface area contributed by atoms with Crippen LogP contribution in [-0.2, 0) is 0 Å². The van der Waals surface area contributed by atoms with Crippen LogP contribution in [0, 0.1) is 11.7 Å². The molecule has 2 N–H and O–H groups in total. The second-order valence-electron chi connectivity index (χ2n) is 5.11. The lowest BCUT2D eigenvalue weighted by Crippen LogP contribution is -2.40. The molecule has 0 aromatic heterocycles. The predicted molar refractivity (Wildman–Crippen MR) is 80.8 cm³/mol. The number of hydrogen-bond acceptors (Lipinski definition) is 2. The van der Waals surface area contributed by atoms with Crippen LogP contribution < -0.4 is 10.6 Å². The quantitative estimate of drug-likeness (QED) is 0.832. The molecule has 0 bridgehead atoms. The number of hydrogen-bond donors (Lipinski definition) is 2. The van der Waals surface area contributed by atoms with Gasteiger partial charge in [-0.3, -0.25) is 0 Å². The van der Waals surface area contributed by atoms with Crippen molar-refractivity contribution in [3.05, 3.63) is 30.1 Å². The van der Waals surface area contributed by atoms with Crippen LogP contribution in [0.3, 0.4) is 0 Å². The fraction of sp³-hybridized carbons (Fsp3) is 0.500. The molecule has 1 fully saturated rings. The molecule has 1 aromatic carbocycles. The molecule has 1 aliphatic heterocycles. The molecule has 1 aromatic rings. The van der Waals surface area contributed by atoms with E-state index in [0.717, 1.165) is 18.8 Å². The number of thiocarbonyl (C=S) groups is 1. The van der Waals surface area contributed by atoms with Crippen molar-refractivity contribution >= 4 is 23.0 Å². The van der Waals surface area contributed by atoms with Crippen molar-refractivity contribution in [3.8, 4) is 0 Å². The van der Waals surface area contributed by atoms with Crippen LogP contribution in [0.15, 0.2) is 24.3 Å². The largest absolute Gasteiger partial charge is 0.362 e. The summed E-state index contributed by atoms with van der Waals surface area (Å²) in [6, 6.07) is 6.19. The van der Waals surface area contributed by atoms with E-state index in [1.165, 1.54) is 31.5 Å². The second-order valence-corrected chi connectivity index (χ2v) is 5.52. The van der Waals surface area contributed by atoms with E-state index < -0.39 is 0 Å². The van der Waals surface area contributed by atoms with Crippen LogP contribution in [0.25, 0.3) is 0 Å². The summed E-state index contributed by atoms with van der Waals surface area (Å²) in [7, 11) is 2.15. The molecule has 2 rings (SSSR count). The molecule has 0 amide bonds. The van der Waals surface area contributed by atoms with E-state index in [9.17, 15) is 4.39 Å². The molecule has 1 aliphatic rings. The van der Waals surface area contributed by atoms with Crippen LogP contribution in [0.4, 0.5) is 10.1 Å². The Morgan fingerprint density at radius 2 is 2.16 bits per heavy atom. The van der Waals surface area contributed by atoms with Crippen molar-refractivity contribution in [2.24, 2.45) is 5.92 Å². The lowest BCUT2D eigenvalue weighted by atomic mass is 9.99. The zero-order valence-electron chi connectivity index (χ0n) is 11.2. The first kappa shape index (κ1) is 14.2. The molecular formula is C14H20FN3S. The topological polar surface area (TPSA) is 27.3 Å². The maximum Gasteiger partial charge on any atom is 0.170 e. The maximum atomic E-state index is 12.8. The molecule has 1 saturated heterocycles. The van der Waals surface area contributed by atoms with E-state index in [1.54, 1.807) is 12.1 Å². The maximum absolute atomic E-state index is 12.8. The Kier molecular flexibility index (Phi) is 5.10. The normalized spacial score (nSPS) is 20.0. The summed E-state index contributed by atoms with van der Waals surface area (Å²) in [5.41, 5.74) is 0.805. The highest BCUT2D eigenvalue weighted by Gasteiger charge is 2.16. The van der Waals surface area contributed by atoms with Gasteiger partial charge in [0.1, 0.15) is 5.82 Å². The molecule has 19 heavy (non-hydrogen) atoms. The van der Waals surface area contributed by atoms with Crippen molar-refractivity contribution in [2.75, 3.05) is 32.0 Å². The zero-order chi connectivity index (χ0) is 13.7. The molecule has 0 radical (unpaired) electrons. The number of halogens is 1. The van der Waals surface area contributed by atoms with Crippen LogP contribution in [-0.4, -0.2) is 36.7 Å². The predicted octanol–water partition coefficient (Wildman–Crippen LogP) is 2.45. The lowest BCUT2D eigenvalue weighted by molar-refractivity contribution is 0.211. The van der Waals surface area contributed by atoms with Gasteiger partial charge in [0.05, 0.1) is 0 Å². The standard InChI is InChI=1S/C14H20FN3S/c1-18-8-2-3-11(10-18)9-16-14(19)17-13-6-4-12(15)5-7-13/h4-7,11H,2-3,8-10H2,1H3,(H2,16,17,19)/t11-/m0/s1. The Morgan fingerprint density at radius 1 is 1.42 bits per heavy atom. The zero-order valence-corrected chi connectivity index (χ0v) is 12.0. The average molecular weight is 281 g/mol. The molecule has 1 heterocycles. The first-order chi connectivity index (χ1) is 9.13. The Bertz CT molecular complexity index is 421. The molecule has 0 saturated carbocycles. The van der Waals surface area contributed by atoms with Gasteiger partial charge in [-0.2, -0.15) is 0 Å². The Morgan fingerprint density at radius 3 is 2.84 bits per heavy atom. The number of nitrogens with zero attached hydrogens (tertiary/aromatic N) is 1. The molecule has 104 valence electrons. The van der Waals surface area contributed by atoms with Gasteiger partial charge in [0.2, 0.25) is 0 Å². The smallest absolute Gasteiger partial charge is 0.170 e. The van der Waals surface area contributed by atoms with Gasteiger partial charge in [0.25, 0.3) is 0 Å². The fourth-order valence-corrected chi connectivity index (χ4v) is 2.59. The summed E-state index contributed by atoms with van der Waals surface area (Å²) in [6.45, 7) is 3.19. The van der Waals surface area contributed by atoms with Gasteiger partial charge in [0.15, 0.2) is 5.11 Å². The summed E-state index contributed by atoms with van der Waals surface area (Å²) in [5, 5.41) is 6.89. The highest BCUT2D eigenvalue weighted by molar-refractivity contribution is 7.80. The third-order valence-electron chi connectivity index (χ3n) is 3.38. The van der Waals surface area contributed by atoms with E-state index in [4.69, 9.17) is 12.2 Å². The van der Waals surface area contributed by atoms with Crippen molar-refractivity contribution in [2.45, 2.75) is 12.8 Å². The van der Waals surface area contributed by atoms with E-state index in [1.807, 2.05) is 0 Å². The Labute approximate surface area is 119 Å². The number of rotatable bonds is 3. The molecular weight excluding hydrogens is 261 g/mol. The second kappa shape index (κ2) is 6.82. The molecule has 0 aliphatic carbocycles. The van der Waals surface area contributed by atoms with Gasteiger partial charge < -0.3 is 15.5 Å². The van der Waals surface area contributed by atoms with Gasteiger partial charge >= 0.3 is 0 Å². The van der Waals surface area contributed by atoms with E-state index in [0.29, 0.717) is 11.0 Å². The minimum Gasteiger partial charge on any atom is -0.362 e. The van der Waals surface area contributed by atoms with Crippen molar-refractivity contribution < 1.29 is 4.39 Å². The number of benzene rings is 1. The fourth-order valence-electron chi connectivity index (χ4n) is 2.39. The van der Waals surface area contributed by atoms with E-state index in [2.05, 4.69) is 22.6 Å². The number of likely N-dealkylation sites (tertiary alicyclic amines) is 1. The lowest BCUT2D eigenvalue weighted by Gasteiger charge is -2.30. The van der Waals surface area contributed by atoms with Crippen LogP contribution >= 0.6 is 12.2 Å². The van der Waals surface area contributed by atoms with Gasteiger partial charge in [-0.15, -0.1) is 0 Å². The number of nitrogens with one attached hydrogen (secondary N) is 2. The van der Waals surface area contributed by atoms with Gasteiger partial charge in [-0.05, 0) is 68.8 Å². The summed E-state index contributed by atoms with van der Waals surface area (Å²) < 4.78 is 12.8. The highest BCUT2D eigenvalue weighted by atomic mass is 32.1. The van der Waals surface area contributed by atoms with Crippen molar-refractivity contribution in [1.29, 1.82) is 0 Å². The molecule has 5 heteroatoms. The van der Waals surface area contributed by atoms with Gasteiger partial charge in [0, 0.05) is 18.8 Å². The van der Waals surface area contributed by atoms with Crippen molar-refractivity contribution in [3.63, 3.8) is 0 Å². The van der Waals surface area contributed by atoms with Crippen molar-refractivity contribution in [1.82, 2.24) is 10.2 Å². The van der Waals surface area contributed by atoms with Crippen LogP contribution in [0.2, 0.25) is 0 Å². The minimum absolute atomic E-state index is 0.241. The molecule has 0 spiro atoms. The first-order valence-corrected chi connectivity index (χ1v) is 7.03. The number of piperidine rings is 1. The van der Waals surface area contributed by atoms with E-state index in [-0.39, 0.29) is 5.82 Å². The monoisotopic (exact) mass is 281 g/mol. The van der Waals surface area contributed by atoms with Gasteiger partial charge in [-0.25, -0.2) is 4.39 Å². The highest BCUT2D eigenvalue weighted by Crippen LogP contribution is 2.14. The SMILES string of the molecule is CN1CCC[C@@H](CNC(=S)Nc2ccc(F)cc2)C1. The Balaban J connectivity index is 1.73. The summed E-state index contributed by atoms with van der Waals surface area (Å²) in [6.07, 6.45) is 2.50. The van der Waals surface area contributed by atoms with E-state index >= 15 is 0 Å². The van der Waals surface area contributed by atoms with Gasteiger partial charge in [-0.1, -0.05) is 0 Å². The third kappa shape index (κ3) is 4.76. The summed E-state index contributed by atoms with van der Waals surface area (Å²) in [4.78, 5) is 2.35. The number of anilines is 1. The van der Waals surface area contributed by atoms with Crippen LogP contribution in [0.5, 0.6) is 0 Å². The molecule has 3 nitrogen and oxygen atoms in total. The Hall–Kier alpha value is -1.20. The average Bonchev–Trinajstić information content (AvgIpc) is 2.39.